The monoisotopic (exact) mass is 405 g/mol. The molecule has 27 heavy (non-hydrogen) atoms. The summed E-state index contributed by atoms with van der Waals surface area (Å²) < 4.78 is 24.9. The van der Waals surface area contributed by atoms with Crippen LogP contribution in [0.5, 0.6) is 11.5 Å². The number of ether oxygens (including phenoxy) is 2. The number of rotatable bonds is 7. The Kier molecular flexibility index (Phi) is 6.43. The fraction of sp³-hybridized carbons (Fsp3) is 0.143. The molecule has 0 aliphatic rings. The van der Waals surface area contributed by atoms with Gasteiger partial charge in [0.05, 0.1) is 12.1 Å². The smallest absolute Gasteiger partial charge is 0.180 e. The molecule has 0 fully saturated rings. The number of nitrogens with one attached hydrogen (secondary N) is 1. The lowest BCUT2D eigenvalue weighted by Gasteiger charge is -2.15. The fourth-order valence-corrected chi connectivity index (χ4v) is 3.06. The molecule has 3 aromatic rings. The summed E-state index contributed by atoms with van der Waals surface area (Å²) in [5.41, 5.74) is 2.26. The molecule has 3 rings (SSSR count). The number of methoxy groups -OCH3 is 1. The van der Waals surface area contributed by atoms with Crippen molar-refractivity contribution >= 4 is 28.9 Å². The van der Waals surface area contributed by atoms with Crippen molar-refractivity contribution in [2.45, 2.75) is 13.2 Å². The molecule has 0 saturated heterocycles. The first-order chi connectivity index (χ1) is 13.1. The van der Waals surface area contributed by atoms with Crippen molar-refractivity contribution in [3.8, 4) is 11.5 Å². The molecule has 0 spiro atoms. The van der Waals surface area contributed by atoms with Gasteiger partial charge in [-0.05, 0) is 42.0 Å². The van der Waals surface area contributed by atoms with Crippen molar-refractivity contribution in [3.05, 3.63) is 87.7 Å². The third-order valence-electron chi connectivity index (χ3n) is 3.94. The van der Waals surface area contributed by atoms with Gasteiger partial charge in [0.25, 0.3) is 0 Å². The first-order valence-corrected chi connectivity index (χ1v) is 9.04. The molecule has 140 valence electrons. The molecule has 0 heterocycles. The number of hydrogen-bond donors (Lipinski definition) is 1. The van der Waals surface area contributed by atoms with Crippen LogP contribution in [-0.4, -0.2) is 7.11 Å². The third-order valence-corrected chi connectivity index (χ3v) is 4.46. The lowest BCUT2D eigenvalue weighted by atomic mass is 10.2. The number of hydrogen-bond acceptors (Lipinski definition) is 3. The summed E-state index contributed by atoms with van der Waals surface area (Å²) in [6.07, 6.45) is 0. The molecule has 0 radical (unpaired) electrons. The highest BCUT2D eigenvalue weighted by molar-refractivity contribution is 6.32. The van der Waals surface area contributed by atoms with Gasteiger partial charge in [-0.2, -0.15) is 0 Å². The van der Waals surface area contributed by atoms with Gasteiger partial charge in [-0.15, -0.1) is 0 Å². The van der Waals surface area contributed by atoms with Crippen molar-refractivity contribution in [2.24, 2.45) is 0 Å². The van der Waals surface area contributed by atoms with Crippen LogP contribution in [0.2, 0.25) is 10.0 Å². The van der Waals surface area contributed by atoms with E-state index in [4.69, 9.17) is 32.7 Å². The molecule has 1 N–H and O–H groups in total. The maximum absolute atomic E-state index is 13.8. The van der Waals surface area contributed by atoms with Crippen LogP contribution in [0.4, 0.5) is 10.1 Å². The highest BCUT2D eigenvalue weighted by Gasteiger charge is 2.13. The van der Waals surface area contributed by atoms with Gasteiger partial charge in [-0.25, -0.2) is 4.39 Å². The fourth-order valence-electron chi connectivity index (χ4n) is 2.58. The van der Waals surface area contributed by atoms with Gasteiger partial charge in [0.2, 0.25) is 0 Å². The Bertz CT molecular complexity index is 934. The molecule has 0 unspecified atom stereocenters. The van der Waals surface area contributed by atoms with Crippen LogP contribution in [0.3, 0.4) is 0 Å². The second-order valence-corrected chi connectivity index (χ2v) is 6.70. The summed E-state index contributed by atoms with van der Waals surface area (Å²) >= 11 is 12.4. The van der Waals surface area contributed by atoms with E-state index in [1.807, 2.05) is 30.3 Å². The van der Waals surface area contributed by atoms with Crippen molar-refractivity contribution in [3.63, 3.8) is 0 Å². The van der Waals surface area contributed by atoms with Crippen molar-refractivity contribution in [2.75, 3.05) is 12.4 Å². The Morgan fingerprint density at radius 2 is 1.81 bits per heavy atom. The summed E-state index contributed by atoms with van der Waals surface area (Å²) in [5.74, 6) is 0.547. The van der Waals surface area contributed by atoms with Crippen LogP contribution in [0.25, 0.3) is 0 Å². The van der Waals surface area contributed by atoms with Crippen LogP contribution in [0.1, 0.15) is 11.1 Å². The molecule has 0 bridgehead atoms. The minimum atomic E-state index is -0.324. The highest BCUT2D eigenvalue weighted by Crippen LogP contribution is 2.37. The van der Waals surface area contributed by atoms with Gasteiger partial charge in [0.1, 0.15) is 12.4 Å². The zero-order valence-corrected chi connectivity index (χ0v) is 16.1. The third kappa shape index (κ3) is 5.06. The topological polar surface area (TPSA) is 30.5 Å². The molecule has 0 atom stereocenters. The van der Waals surface area contributed by atoms with E-state index in [1.54, 1.807) is 24.3 Å². The summed E-state index contributed by atoms with van der Waals surface area (Å²) in [7, 11) is 1.54. The van der Waals surface area contributed by atoms with E-state index in [-0.39, 0.29) is 12.4 Å². The summed E-state index contributed by atoms with van der Waals surface area (Å²) in [6, 6.07) is 17.5. The van der Waals surface area contributed by atoms with Gasteiger partial charge in [0, 0.05) is 22.8 Å². The maximum atomic E-state index is 13.8. The van der Waals surface area contributed by atoms with Crippen LogP contribution >= 0.6 is 23.2 Å². The number of anilines is 1. The van der Waals surface area contributed by atoms with Crippen molar-refractivity contribution in [1.82, 2.24) is 0 Å². The Morgan fingerprint density at radius 1 is 1.00 bits per heavy atom. The van der Waals surface area contributed by atoms with Crippen LogP contribution < -0.4 is 14.8 Å². The van der Waals surface area contributed by atoms with E-state index in [0.717, 1.165) is 11.3 Å². The molecule has 0 amide bonds. The molecule has 3 nitrogen and oxygen atoms in total. The average molecular weight is 406 g/mol. The Labute approximate surface area is 167 Å². The normalized spacial score (nSPS) is 10.5. The molecule has 6 heteroatoms. The van der Waals surface area contributed by atoms with E-state index in [1.165, 1.54) is 13.2 Å². The first-order valence-electron chi connectivity index (χ1n) is 8.29. The van der Waals surface area contributed by atoms with E-state index < -0.39 is 0 Å². The van der Waals surface area contributed by atoms with Crippen LogP contribution in [0.15, 0.2) is 60.7 Å². The lowest BCUT2D eigenvalue weighted by Crippen LogP contribution is -2.03. The maximum Gasteiger partial charge on any atom is 0.180 e. The molecular formula is C21H18Cl2FNO2. The van der Waals surface area contributed by atoms with Crippen molar-refractivity contribution in [1.29, 1.82) is 0 Å². The van der Waals surface area contributed by atoms with Gasteiger partial charge in [-0.3, -0.25) is 0 Å². The average Bonchev–Trinajstić information content (AvgIpc) is 2.66. The van der Waals surface area contributed by atoms with Gasteiger partial charge in [0.15, 0.2) is 11.5 Å². The Balaban J connectivity index is 1.73. The van der Waals surface area contributed by atoms with Crippen LogP contribution in [-0.2, 0) is 13.2 Å². The molecule has 0 saturated carbocycles. The standard InChI is InChI=1S/C21H18Cl2FNO2/c1-26-20-10-14(12-25-17-7-4-6-16(22)11-17)9-18(23)21(20)27-13-15-5-2-3-8-19(15)24/h2-11,25H,12-13H2,1H3. The zero-order valence-electron chi connectivity index (χ0n) is 14.6. The van der Waals surface area contributed by atoms with E-state index in [0.29, 0.717) is 33.7 Å². The second kappa shape index (κ2) is 8.98. The van der Waals surface area contributed by atoms with Crippen LogP contribution in [0, 0.1) is 5.82 Å². The minimum Gasteiger partial charge on any atom is -0.493 e. The van der Waals surface area contributed by atoms with Gasteiger partial charge in [-0.1, -0.05) is 47.5 Å². The summed E-state index contributed by atoms with van der Waals surface area (Å²) in [5, 5.41) is 4.33. The van der Waals surface area contributed by atoms with Gasteiger partial charge < -0.3 is 14.8 Å². The Morgan fingerprint density at radius 3 is 2.56 bits per heavy atom. The number of benzene rings is 3. The number of halogens is 3. The minimum absolute atomic E-state index is 0.0584. The zero-order chi connectivity index (χ0) is 19.2. The summed E-state index contributed by atoms with van der Waals surface area (Å²) in [6.45, 7) is 0.590. The molecular weight excluding hydrogens is 388 g/mol. The highest BCUT2D eigenvalue weighted by atomic mass is 35.5. The van der Waals surface area contributed by atoms with Crippen molar-refractivity contribution < 1.29 is 13.9 Å². The van der Waals surface area contributed by atoms with E-state index in [2.05, 4.69) is 5.32 Å². The van der Waals surface area contributed by atoms with Gasteiger partial charge >= 0.3 is 0 Å². The molecule has 3 aromatic carbocycles. The largest absolute Gasteiger partial charge is 0.493 e. The SMILES string of the molecule is COc1cc(CNc2cccc(Cl)c2)cc(Cl)c1OCc1ccccc1F. The predicted octanol–water partition coefficient (Wildman–Crippen LogP) is 6.33. The summed E-state index contributed by atoms with van der Waals surface area (Å²) in [4.78, 5) is 0. The first kappa shape index (κ1) is 19.3. The quantitative estimate of drug-likeness (QED) is 0.497. The van der Waals surface area contributed by atoms with E-state index >= 15 is 0 Å². The molecule has 0 aromatic heterocycles. The molecule has 0 aliphatic carbocycles. The molecule has 0 aliphatic heterocycles. The second-order valence-electron chi connectivity index (χ2n) is 5.85. The Hall–Kier alpha value is -2.43. The van der Waals surface area contributed by atoms with E-state index in [9.17, 15) is 4.39 Å². The predicted molar refractivity (Wildman–Crippen MR) is 108 cm³/mol. The lowest BCUT2D eigenvalue weighted by molar-refractivity contribution is 0.280.